The van der Waals surface area contributed by atoms with Crippen LogP contribution in [0.2, 0.25) is 0 Å². The summed E-state index contributed by atoms with van der Waals surface area (Å²) in [7, 11) is -3.48. The molecular weight excluding hydrogens is 326 g/mol. The maximum absolute atomic E-state index is 12.4. The normalized spacial score (nSPS) is 21.7. The number of amides is 1. The zero-order chi connectivity index (χ0) is 17.7. The van der Waals surface area contributed by atoms with Crippen LogP contribution in [-0.4, -0.2) is 50.3 Å². The average Bonchev–Trinajstić information content (AvgIpc) is 2.56. The van der Waals surface area contributed by atoms with Crippen LogP contribution in [0.4, 0.5) is 0 Å². The molecule has 1 aromatic rings. The summed E-state index contributed by atoms with van der Waals surface area (Å²) in [5, 5.41) is 6.38. The number of nitrogens with zero attached hydrogens (tertiary/aromatic N) is 1. The van der Waals surface area contributed by atoms with Crippen molar-refractivity contribution in [1.82, 2.24) is 14.9 Å². The molecule has 1 saturated heterocycles. The number of hydrogen-bond donors (Lipinski definition) is 2. The maximum atomic E-state index is 12.4. The first-order chi connectivity index (χ1) is 11.4. The quantitative estimate of drug-likeness (QED) is 0.814. The summed E-state index contributed by atoms with van der Waals surface area (Å²) < 4.78 is 26.3. The Bertz CT molecular complexity index is 654. The van der Waals surface area contributed by atoms with Gasteiger partial charge in [0.25, 0.3) is 5.91 Å². The number of benzene rings is 1. The molecular formula is C17H27N3O3S. The molecule has 1 fully saturated rings. The summed E-state index contributed by atoms with van der Waals surface area (Å²) in [6.45, 7) is 7.47. The molecule has 2 rings (SSSR count). The van der Waals surface area contributed by atoms with Crippen molar-refractivity contribution in [2.45, 2.75) is 50.6 Å². The number of piperidine rings is 1. The molecule has 7 heteroatoms. The van der Waals surface area contributed by atoms with Gasteiger partial charge in [0.05, 0.1) is 4.90 Å². The fourth-order valence-corrected chi connectivity index (χ4v) is 4.48. The van der Waals surface area contributed by atoms with E-state index in [1.807, 2.05) is 13.8 Å². The summed E-state index contributed by atoms with van der Waals surface area (Å²) in [4.78, 5) is 12.6. The topological polar surface area (TPSA) is 78.5 Å². The molecule has 1 aromatic carbocycles. The van der Waals surface area contributed by atoms with Crippen LogP contribution < -0.4 is 10.6 Å². The van der Waals surface area contributed by atoms with Crippen molar-refractivity contribution in [2.24, 2.45) is 0 Å². The van der Waals surface area contributed by atoms with E-state index in [4.69, 9.17) is 0 Å². The maximum Gasteiger partial charge on any atom is 0.251 e. The number of sulfonamides is 1. The van der Waals surface area contributed by atoms with Gasteiger partial charge >= 0.3 is 0 Å². The molecule has 2 unspecified atom stereocenters. The minimum absolute atomic E-state index is 0.152. The van der Waals surface area contributed by atoms with Crippen molar-refractivity contribution in [2.75, 3.05) is 19.6 Å². The lowest BCUT2D eigenvalue weighted by molar-refractivity contribution is 0.0925. The Labute approximate surface area is 144 Å². The Balaban J connectivity index is 2.07. The van der Waals surface area contributed by atoms with E-state index in [2.05, 4.69) is 17.6 Å². The summed E-state index contributed by atoms with van der Waals surface area (Å²) in [6.07, 6.45) is 1.81. The van der Waals surface area contributed by atoms with E-state index in [0.717, 1.165) is 19.4 Å². The highest BCUT2D eigenvalue weighted by Gasteiger charge is 2.23. The molecule has 0 aliphatic carbocycles. The second kappa shape index (κ2) is 8.09. The molecule has 0 radical (unpaired) electrons. The van der Waals surface area contributed by atoms with Crippen LogP contribution in [-0.2, 0) is 10.0 Å². The second-order valence-electron chi connectivity index (χ2n) is 6.16. The number of carbonyl (C=O) groups excluding carboxylic acids is 1. The van der Waals surface area contributed by atoms with Crippen LogP contribution >= 0.6 is 0 Å². The van der Waals surface area contributed by atoms with Gasteiger partial charge in [0.1, 0.15) is 0 Å². The van der Waals surface area contributed by atoms with Gasteiger partial charge in [-0.15, -0.1) is 0 Å². The van der Waals surface area contributed by atoms with Gasteiger partial charge in [-0.3, -0.25) is 4.79 Å². The van der Waals surface area contributed by atoms with E-state index >= 15 is 0 Å². The molecule has 134 valence electrons. The number of nitrogens with one attached hydrogen (secondary N) is 2. The molecule has 1 amide bonds. The van der Waals surface area contributed by atoms with Gasteiger partial charge in [-0.1, -0.05) is 13.8 Å². The largest absolute Gasteiger partial charge is 0.349 e. The molecule has 24 heavy (non-hydrogen) atoms. The average molecular weight is 353 g/mol. The summed E-state index contributed by atoms with van der Waals surface area (Å²) >= 11 is 0. The zero-order valence-corrected chi connectivity index (χ0v) is 15.4. The van der Waals surface area contributed by atoms with Crippen LogP contribution in [0.1, 0.15) is 44.0 Å². The molecule has 1 aliphatic heterocycles. The standard InChI is InChI=1S/C17H27N3O3S/c1-4-20(5-2)24(22,23)16-8-6-14(7-9-16)17(21)19-15-10-11-18-13(3)12-15/h6-9,13,15,18H,4-5,10-12H2,1-3H3,(H,19,21). The Morgan fingerprint density at radius 2 is 1.88 bits per heavy atom. The highest BCUT2D eigenvalue weighted by atomic mass is 32.2. The first-order valence-corrected chi connectivity index (χ1v) is 9.97. The Hall–Kier alpha value is -1.44. The monoisotopic (exact) mass is 353 g/mol. The Kier molecular flexibility index (Phi) is 6.37. The summed E-state index contributed by atoms with van der Waals surface area (Å²) in [5.41, 5.74) is 0.486. The van der Waals surface area contributed by atoms with Crippen LogP contribution in [0, 0.1) is 0 Å². The van der Waals surface area contributed by atoms with Crippen LogP contribution in [0.25, 0.3) is 0 Å². The van der Waals surface area contributed by atoms with E-state index in [-0.39, 0.29) is 16.8 Å². The fraction of sp³-hybridized carbons (Fsp3) is 0.588. The Morgan fingerprint density at radius 3 is 2.42 bits per heavy atom. The van der Waals surface area contributed by atoms with Gasteiger partial charge in [-0.25, -0.2) is 8.42 Å². The third-order valence-corrected chi connectivity index (χ3v) is 6.48. The highest BCUT2D eigenvalue weighted by Crippen LogP contribution is 2.17. The Morgan fingerprint density at radius 1 is 1.25 bits per heavy atom. The SMILES string of the molecule is CCN(CC)S(=O)(=O)c1ccc(C(=O)NC2CCNC(C)C2)cc1. The van der Waals surface area contributed by atoms with Crippen molar-refractivity contribution in [1.29, 1.82) is 0 Å². The van der Waals surface area contributed by atoms with Gasteiger partial charge in [-0.2, -0.15) is 4.31 Å². The van der Waals surface area contributed by atoms with Crippen LogP contribution in [0.3, 0.4) is 0 Å². The first kappa shape index (κ1) is 18.9. The smallest absolute Gasteiger partial charge is 0.251 e. The fourth-order valence-electron chi connectivity index (χ4n) is 3.02. The number of carbonyl (C=O) groups is 1. The summed E-state index contributed by atoms with van der Waals surface area (Å²) in [6, 6.07) is 6.73. The molecule has 2 N–H and O–H groups in total. The van der Waals surface area contributed by atoms with Gasteiger partial charge in [-0.05, 0) is 50.6 Å². The third-order valence-electron chi connectivity index (χ3n) is 4.42. The van der Waals surface area contributed by atoms with Crippen molar-refractivity contribution >= 4 is 15.9 Å². The lowest BCUT2D eigenvalue weighted by Gasteiger charge is -2.28. The van der Waals surface area contributed by atoms with Gasteiger partial charge in [0.15, 0.2) is 0 Å². The van der Waals surface area contributed by atoms with Gasteiger partial charge < -0.3 is 10.6 Å². The molecule has 2 atom stereocenters. The molecule has 1 heterocycles. The minimum Gasteiger partial charge on any atom is -0.349 e. The predicted octanol–water partition coefficient (Wildman–Crippen LogP) is 1.59. The lowest BCUT2D eigenvalue weighted by atomic mass is 10.0. The van der Waals surface area contributed by atoms with Crippen molar-refractivity contribution in [3.8, 4) is 0 Å². The van der Waals surface area contributed by atoms with Gasteiger partial charge in [0, 0.05) is 30.7 Å². The van der Waals surface area contributed by atoms with E-state index in [0.29, 0.717) is 24.7 Å². The minimum atomic E-state index is -3.48. The first-order valence-electron chi connectivity index (χ1n) is 8.53. The molecule has 0 saturated carbocycles. The second-order valence-corrected chi connectivity index (χ2v) is 8.10. The molecule has 1 aliphatic rings. The number of rotatable bonds is 6. The van der Waals surface area contributed by atoms with Crippen LogP contribution in [0.5, 0.6) is 0 Å². The summed E-state index contributed by atoms with van der Waals surface area (Å²) in [5.74, 6) is -0.152. The van der Waals surface area contributed by atoms with Gasteiger partial charge in [0.2, 0.25) is 10.0 Å². The molecule has 0 aromatic heterocycles. The lowest BCUT2D eigenvalue weighted by Crippen LogP contribution is -2.46. The number of hydrogen-bond acceptors (Lipinski definition) is 4. The highest BCUT2D eigenvalue weighted by molar-refractivity contribution is 7.89. The van der Waals surface area contributed by atoms with E-state index < -0.39 is 10.0 Å². The molecule has 0 spiro atoms. The zero-order valence-electron chi connectivity index (χ0n) is 14.6. The van der Waals surface area contributed by atoms with Crippen LogP contribution in [0.15, 0.2) is 29.2 Å². The van der Waals surface area contributed by atoms with Crippen molar-refractivity contribution in [3.05, 3.63) is 29.8 Å². The van der Waals surface area contributed by atoms with E-state index in [9.17, 15) is 13.2 Å². The van der Waals surface area contributed by atoms with E-state index in [1.165, 1.54) is 16.4 Å². The molecule has 6 nitrogen and oxygen atoms in total. The predicted molar refractivity (Wildman–Crippen MR) is 94.5 cm³/mol. The van der Waals surface area contributed by atoms with Crippen molar-refractivity contribution in [3.63, 3.8) is 0 Å². The third kappa shape index (κ3) is 4.34. The molecule has 0 bridgehead atoms. The van der Waals surface area contributed by atoms with Crippen molar-refractivity contribution < 1.29 is 13.2 Å². The van der Waals surface area contributed by atoms with E-state index in [1.54, 1.807) is 12.1 Å².